The van der Waals surface area contributed by atoms with E-state index < -0.39 is 0 Å². The van der Waals surface area contributed by atoms with E-state index in [1.54, 1.807) is 6.26 Å². The normalized spacial score (nSPS) is 12.4. The Labute approximate surface area is 123 Å². The van der Waals surface area contributed by atoms with Crippen LogP contribution in [0.3, 0.4) is 0 Å². The Hall–Kier alpha value is -1.84. The molecule has 1 aromatic carbocycles. The molecular weight excluding hydrogens is 266 g/mol. The first-order valence-electron chi connectivity index (χ1n) is 6.74. The van der Waals surface area contributed by atoms with Crippen LogP contribution in [-0.4, -0.2) is 0 Å². The van der Waals surface area contributed by atoms with Crippen LogP contribution in [0.1, 0.15) is 23.6 Å². The van der Waals surface area contributed by atoms with Gasteiger partial charge in [0.05, 0.1) is 12.3 Å². The van der Waals surface area contributed by atoms with Gasteiger partial charge in [0.25, 0.3) is 0 Å². The molecule has 20 heavy (non-hydrogen) atoms. The van der Waals surface area contributed by atoms with Crippen molar-refractivity contribution in [2.45, 2.75) is 19.5 Å². The zero-order valence-corrected chi connectivity index (χ0v) is 12.2. The highest BCUT2D eigenvalue weighted by molar-refractivity contribution is 7.15. The summed E-state index contributed by atoms with van der Waals surface area (Å²) in [7, 11) is 0. The first-order valence-corrected chi connectivity index (χ1v) is 7.55. The summed E-state index contributed by atoms with van der Waals surface area (Å²) in [5, 5.41) is 3.48. The SMILES string of the molecule is C[C@@H](NCc1ccc(-c2ccccc2)s1)c1ccco1. The van der Waals surface area contributed by atoms with Gasteiger partial charge in [-0.1, -0.05) is 30.3 Å². The summed E-state index contributed by atoms with van der Waals surface area (Å²) in [6.45, 7) is 2.98. The molecule has 1 atom stereocenters. The summed E-state index contributed by atoms with van der Waals surface area (Å²) in [6, 6.07) is 19.0. The van der Waals surface area contributed by atoms with Crippen LogP contribution in [0.5, 0.6) is 0 Å². The van der Waals surface area contributed by atoms with Crippen LogP contribution >= 0.6 is 11.3 Å². The lowest BCUT2D eigenvalue weighted by atomic mass is 10.2. The molecule has 3 rings (SSSR count). The first kappa shape index (κ1) is 13.2. The van der Waals surface area contributed by atoms with Gasteiger partial charge in [0.1, 0.15) is 5.76 Å². The fourth-order valence-electron chi connectivity index (χ4n) is 2.12. The maximum absolute atomic E-state index is 5.40. The number of hydrogen-bond donors (Lipinski definition) is 1. The summed E-state index contributed by atoms with van der Waals surface area (Å²) < 4.78 is 5.40. The van der Waals surface area contributed by atoms with Gasteiger partial charge >= 0.3 is 0 Å². The van der Waals surface area contributed by atoms with Gasteiger partial charge in [-0.3, -0.25) is 0 Å². The van der Waals surface area contributed by atoms with E-state index in [1.165, 1.54) is 15.3 Å². The smallest absolute Gasteiger partial charge is 0.120 e. The number of furan rings is 1. The molecule has 0 saturated carbocycles. The molecule has 0 fully saturated rings. The van der Waals surface area contributed by atoms with Crippen LogP contribution in [0.15, 0.2) is 65.3 Å². The maximum Gasteiger partial charge on any atom is 0.120 e. The van der Waals surface area contributed by atoms with E-state index in [4.69, 9.17) is 4.42 Å². The molecule has 0 radical (unpaired) electrons. The molecule has 0 spiro atoms. The first-order chi connectivity index (χ1) is 9.83. The van der Waals surface area contributed by atoms with E-state index in [0.717, 1.165) is 12.3 Å². The van der Waals surface area contributed by atoms with Crippen molar-refractivity contribution in [3.8, 4) is 10.4 Å². The van der Waals surface area contributed by atoms with Crippen molar-refractivity contribution in [2.24, 2.45) is 0 Å². The summed E-state index contributed by atoms with van der Waals surface area (Å²) >= 11 is 1.83. The predicted molar refractivity (Wildman–Crippen MR) is 83.7 cm³/mol. The zero-order valence-electron chi connectivity index (χ0n) is 11.4. The lowest BCUT2D eigenvalue weighted by Crippen LogP contribution is -2.16. The van der Waals surface area contributed by atoms with Gasteiger partial charge in [-0.25, -0.2) is 0 Å². The number of rotatable bonds is 5. The molecular formula is C17H17NOS. The van der Waals surface area contributed by atoms with Crippen LogP contribution in [0.25, 0.3) is 10.4 Å². The number of thiophene rings is 1. The topological polar surface area (TPSA) is 25.2 Å². The predicted octanol–water partition coefficient (Wildman–Crippen LogP) is 4.86. The highest BCUT2D eigenvalue weighted by atomic mass is 32.1. The van der Waals surface area contributed by atoms with Gasteiger partial charge in [0.2, 0.25) is 0 Å². The minimum absolute atomic E-state index is 0.229. The molecule has 0 aliphatic heterocycles. The summed E-state index contributed by atoms with van der Waals surface area (Å²) in [5.41, 5.74) is 1.28. The lowest BCUT2D eigenvalue weighted by Gasteiger charge is -2.09. The van der Waals surface area contributed by atoms with E-state index in [9.17, 15) is 0 Å². The van der Waals surface area contributed by atoms with Crippen molar-refractivity contribution in [1.29, 1.82) is 0 Å². The van der Waals surface area contributed by atoms with Crippen LogP contribution in [0.4, 0.5) is 0 Å². The van der Waals surface area contributed by atoms with Crippen LogP contribution in [0.2, 0.25) is 0 Å². The standard InChI is InChI=1S/C17H17NOS/c1-13(16-8-5-11-19-16)18-12-15-9-10-17(20-15)14-6-3-2-4-7-14/h2-11,13,18H,12H2,1H3/t13-/m1/s1. The monoisotopic (exact) mass is 283 g/mol. The molecule has 0 aliphatic carbocycles. The Morgan fingerprint density at radius 3 is 2.65 bits per heavy atom. The number of benzene rings is 1. The Morgan fingerprint density at radius 1 is 1.05 bits per heavy atom. The average Bonchev–Trinajstić information content (AvgIpc) is 3.17. The quantitative estimate of drug-likeness (QED) is 0.723. The van der Waals surface area contributed by atoms with Gasteiger partial charge in [-0.15, -0.1) is 11.3 Å². The lowest BCUT2D eigenvalue weighted by molar-refractivity contribution is 0.431. The number of hydrogen-bond acceptors (Lipinski definition) is 3. The third-order valence-corrected chi connectivity index (χ3v) is 4.41. The van der Waals surface area contributed by atoms with Crippen LogP contribution in [0, 0.1) is 0 Å². The Bertz CT molecular complexity index is 643. The van der Waals surface area contributed by atoms with Gasteiger partial charge in [-0.05, 0) is 36.8 Å². The third kappa shape index (κ3) is 3.00. The Morgan fingerprint density at radius 2 is 1.90 bits per heavy atom. The van der Waals surface area contributed by atoms with Gasteiger partial charge in [-0.2, -0.15) is 0 Å². The summed E-state index contributed by atoms with van der Waals surface area (Å²) in [4.78, 5) is 2.65. The molecule has 0 amide bonds. The van der Waals surface area contributed by atoms with E-state index in [1.807, 2.05) is 29.5 Å². The van der Waals surface area contributed by atoms with E-state index >= 15 is 0 Å². The molecule has 3 aromatic rings. The van der Waals surface area contributed by atoms with Crippen molar-refractivity contribution in [3.63, 3.8) is 0 Å². The molecule has 0 bridgehead atoms. The number of nitrogens with one attached hydrogen (secondary N) is 1. The van der Waals surface area contributed by atoms with Crippen LogP contribution in [-0.2, 0) is 6.54 Å². The molecule has 2 aromatic heterocycles. The second kappa shape index (κ2) is 6.07. The molecule has 2 nitrogen and oxygen atoms in total. The third-order valence-electron chi connectivity index (χ3n) is 3.27. The summed E-state index contributed by atoms with van der Waals surface area (Å²) in [5.74, 6) is 0.977. The molecule has 0 unspecified atom stereocenters. The highest BCUT2D eigenvalue weighted by Gasteiger charge is 2.08. The Kier molecular flexibility index (Phi) is 4.00. The van der Waals surface area contributed by atoms with Crippen molar-refractivity contribution >= 4 is 11.3 Å². The molecule has 2 heterocycles. The largest absolute Gasteiger partial charge is 0.468 e. The molecule has 3 heteroatoms. The van der Waals surface area contributed by atoms with Gasteiger partial charge in [0.15, 0.2) is 0 Å². The van der Waals surface area contributed by atoms with E-state index in [0.29, 0.717) is 0 Å². The average molecular weight is 283 g/mol. The minimum Gasteiger partial charge on any atom is -0.468 e. The van der Waals surface area contributed by atoms with Gasteiger partial charge < -0.3 is 9.73 Å². The molecule has 0 saturated heterocycles. The maximum atomic E-state index is 5.40. The van der Waals surface area contributed by atoms with Crippen molar-refractivity contribution in [1.82, 2.24) is 5.32 Å². The minimum atomic E-state index is 0.229. The second-order valence-electron chi connectivity index (χ2n) is 4.75. The summed E-state index contributed by atoms with van der Waals surface area (Å²) in [6.07, 6.45) is 1.71. The molecule has 102 valence electrons. The van der Waals surface area contributed by atoms with E-state index in [-0.39, 0.29) is 6.04 Å². The molecule has 1 N–H and O–H groups in total. The molecule has 0 aliphatic rings. The Balaban J connectivity index is 1.63. The van der Waals surface area contributed by atoms with Crippen molar-refractivity contribution in [3.05, 3.63) is 71.5 Å². The fraction of sp³-hybridized carbons (Fsp3) is 0.176. The van der Waals surface area contributed by atoms with Crippen molar-refractivity contribution < 1.29 is 4.42 Å². The fourth-order valence-corrected chi connectivity index (χ4v) is 3.09. The zero-order chi connectivity index (χ0) is 13.8. The second-order valence-corrected chi connectivity index (χ2v) is 5.92. The van der Waals surface area contributed by atoms with Gasteiger partial charge in [0, 0.05) is 16.3 Å². The van der Waals surface area contributed by atoms with E-state index in [2.05, 4.69) is 48.6 Å². The van der Waals surface area contributed by atoms with Crippen LogP contribution < -0.4 is 5.32 Å². The highest BCUT2D eigenvalue weighted by Crippen LogP contribution is 2.28. The van der Waals surface area contributed by atoms with Crippen molar-refractivity contribution in [2.75, 3.05) is 0 Å².